The average molecular weight is 396 g/mol. The number of nitrogens with zero attached hydrogens (tertiary/aromatic N) is 4. The van der Waals surface area contributed by atoms with Crippen LogP contribution >= 0.6 is 0 Å². The van der Waals surface area contributed by atoms with E-state index < -0.39 is 10.0 Å². The summed E-state index contributed by atoms with van der Waals surface area (Å²) in [4.78, 5) is 9.08. The molecule has 0 fully saturated rings. The summed E-state index contributed by atoms with van der Waals surface area (Å²) >= 11 is 0. The lowest BCUT2D eigenvalue weighted by molar-refractivity contribution is 0.552. The van der Waals surface area contributed by atoms with E-state index in [1.807, 2.05) is 29.1 Å². The van der Waals surface area contributed by atoms with Gasteiger partial charge in [-0.15, -0.1) is 0 Å². The first kappa shape index (κ1) is 18.2. The maximum atomic E-state index is 11.4. The van der Waals surface area contributed by atoms with Crippen LogP contribution in [0.5, 0.6) is 0 Å². The topological polar surface area (TPSA) is 102 Å². The molecular formula is C19H20N6O2S. The molecule has 4 rings (SSSR count). The number of benzene rings is 2. The third kappa shape index (κ3) is 3.61. The fourth-order valence-electron chi connectivity index (χ4n) is 3.08. The molecule has 8 nitrogen and oxygen atoms in total. The van der Waals surface area contributed by atoms with Crippen molar-refractivity contribution >= 4 is 49.2 Å². The van der Waals surface area contributed by atoms with Crippen molar-refractivity contribution in [2.75, 3.05) is 16.3 Å². The Morgan fingerprint density at radius 1 is 1.04 bits per heavy atom. The molecule has 0 unspecified atom stereocenters. The van der Waals surface area contributed by atoms with Crippen molar-refractivity contribution in [3.63, 3.8) is 0 Å². The van der Waals surface area contributed by atoms with Crippen LogP contribution < -0.4 is 10.0 Å². The van der Waals surface area contributed by atoms with Crippen molar-refractivity contribution in [2.45, 2.75) is 19.9 Å². The van der Waals surface area contributed by atoms with Crippen molar-refractivity contribution in [1.29, 1.82) is 0 Å². The molecule has 0 bridgehead atoms. The highest BCUT2D eigenvalue weighted by Crippen LogP contribution is 2.27. The average Bonchev–Trinajstić information content (AvgIpc) is 3.05. The second-order valence-electron chi connectivity index (χ2n) is 6.90. The molecular weight excluding hydrogens is 376 g/mol. The summed E-state index contributed by atoms with van der Waals surface area (Å²) < 4.78 is 27.3. The van der Waals surface area contributed by atoms with Crippen LogP contribution in [0, 0.1) is 0 Å². The minimum Gasteiger partial charge on any atom is -0.324 e. The number of hydrogen-bond acceptors (Lipinski definition) is 6. The molecule has 2 N–H and O–H groups in total. The van der Waals surface area contributed by atoms with Crippen LogP contribution in [0.4, 0.5) is 17.3 Å². The van der Waals surface area contributed by atoms with Gasteiger partial charge < -0.3 is 5.32 Å². The van der Waals surface area contributed by atoms with Gasteiger partial charge in [-0.3, -0.25) is 9.40 Å². The molecule has 0 atom stereocenters. The molecule has 0 saturated heterocycles. The highest BCUT2D eigenvalue weighted by atomic mass is 32.2. The SMILES string of the molecule is CC(C)n1ncc2ccc3cnc(Nc4cccc(NS(C)(=O)=O)c4)nc3c21. The number of anilines is 3. The Morgan fingerprint density at radius 2 is 1.79 bits per heavy atom. The summed E-state index contributed by atoms with van der Waals surface area (Å²) in [6.07, 6.45) is 4.72. The van der Waals surface area contributed by atoms with Crippen LogP contribution in [0.15, 0.2) is 48.8 Å². The van der Waals surface area contributed by atoms with E-state index in [4.69, 9.17) is 4.98 Å². The van der Waals surface area contributed by atoms with Gasteiger partial charge in [-0.05, 0) is 32.0 Å². The van der Waals surface area contributed by atoms with E-state index in [1.165, 1.54) is 0 Å². The van der Waals surface area contributed by atoms with E-state index in [9.17, 15) is 8.42 Å². The van der Waals surface area contributed by atoms with Gasteiger partial charge in [0.1, 0.15) is 5.52 Å². The highest BCUT2D eigenvalue weighted by molar-refractivity contribution is 7.92. The van der Waals surface area contributed by atoms with E-state index in [-0.39, 0.29) is 6.04 Å². The van der Waals surface area contributed by atoms with Gasteiger partial charge in [-0.2, -0.15) is 5.10 Å². The number of aromatic nitrogens is 4. The molecule has 0 aliphatic carbocycles. The molecule has 0 spiro atoms. The van der Waals surface area contributed by atoms with E-state index in [0.29, 0.717) is 17.3 Å². The zero-order chi connectivity index (χ0) is 19.9. The molecule has 4 aromatic rings. The Labute approximate surface area is 162 Å². The fraction of sp³-hybridized carbons (Fsp3) is 0.211. The Hall–Kier alpha value is -3.20. The number of nitrogens with one attached hydrogen (secondary N) is 2. The minimum absolute atomic E-state index is 0.202. The molecule has 2 aromatic heterocycles. The number of hydrogen-bond donors (Lipinski definition) is 2. The molecule has 9 heteroatoms. The van der Waals surface area contributed by atoms with Crippen LogP contribution in [0.1, 0.15) is 19.9 Å². The molecule has 0 amide bonds. The molecule has 28 heavy (non-hydrogen) atoms. The van der Waals surface area contributed by atoms with Crippen LogP contribution in [0.3, 0.4) is 0 Å². The zero-order valence-electron chi connectivity index (χ0n) is 15.7. The second kappa shape index (κ2) is 6.75. The van der Waals surface area contributed by atoms with Crippen LogP contribution in [0.25, 0.3) is 21.8 Å². The maximum absolute atomic E-state index is 11.4. The van der Waals surface area contributed by atoms with Gasteiger partial charge in [0.15, 0.2) is 0 Å². The van der Waals surface area contributed by atoms with Gasteiger partial charge >= 0.3 is 0 Å². The van der Waals surface area contributed by atoms with Crippen LogP contribution in [-0.4, -0.2) is 34.4 Å². The largest absolute Gasteiger partial charge is 0.324 e. The smallest absolute Gasteiger partial charge is 0.229 e. The van der Waals surface area contributed by atoms with E-state index in [1.54, 1.807) is 24.4 Å². The number of sulfonamides is 1. The standard InChI is InChI=1S/C19H20N6O2S/c1-12(2)25-18-14(11-21-25)8-7-13-10-20-19(23-17(13)18)22-15-5-4-6-16(9-15)24-28(3,26)27/h4-12,24H,1-3H3,(H,20,22,23). The summed E-state index contributed by atoms with van der Waals surface area (Å²) in [6, 6.07) is 11.1. The first-order chi connectivity index (χ1) is 13.3. The van der Waals surface area contributed by atoms with Crippen molar-refractivity contribution in [2.24, 2.45) is 0 Å². The van der Waals surface area contributed by atoms with Gasteiger partial charge in [0.25, 0.3) is 0 Å². The lowest BCUT2D eigenvalue weighted by Crippen LogP contribution is -2.09. The summed E-state index contributed by atoms with van der Waals surface area (Å²) in [5.41, 5.74) is 2.92. The first-order valence-corrected chi connectivity index (χ1v) is 10.7. The molecule has 0 aliphatic rings. The van der Waals surface area contributed by atoms with Gasteiger partial charge in [0.05, 0.1) is 23.7 Å². The molecule has 2 aromatic carbocycles. The molecule has 144 valence electrons. The van der Waals surface area contributed by atoms with E-state index >= 15 is 0 Å². The lowest BCUT2D eigenvalue weighted by Gasteiger charge is -2.11. The Balaban J connectivity index is 1.75. The van der Waals surface area contributed by atoms with Gasteiger partial charge in [-0.25, -0.2) is 18.4 Å². The van der Waals surface area contributed by atoms with Crippen LogP contribution in [-0.2, 0) is 10.0 Å². The normalized spacial score (nSPS) is 12.0. The summed E-state index contributed by atoms with van der Waals surface area (Å²) in [6.45, 7) is 4.15. The van der Waals surface area contributed by atoms with Crippen molar-refractivity contribution in [1.82, 2.24) is 19.7 Å². The third-order valence-corrected chi connectivity index (χ3v) is 4.83. The van der Waals surface area contributed by atoms with Crippen molar-refractivity contribution in [3.8, 4) is 0 Å². The summed E-state index contributed by atoms with van der Waals surface area (Å²) in [7, 11) is -3.35. The van der Waals surface area contributed by atoms with Gasteiger partial charge in [0.2, 0.25) is 16.0 Å². The van der Waals surface area contributed by atoms with Crippen molar-refractivity contribution < 1.29 is 8.42 Å². The monoisotopic (exact) mass is 396 g/mol. The predicted octanol–water partition coefficient (Wildman–Crippen LogP) is 3.68. The number of fused-ring (bicyclic) bond motifs is 3. The maximum Gasteiger partial charge on any atom is 0.229 e. The summed E-state index contributed by atoms with van der Waals surface area (Å²) in [5.74, 6) is 0.424. The predicted molar refractivity (Wildman–Crippen MR) is 111 cm³/mol. The first-order valence-electron chi connectivity index (χ1n) is 8.78. The van der Waals surface area contributed by atoms with E-state index in [0.717, 1.165) is 28.1 Å². The quantitative estimate of drug-likeness (QED) is 0.534. The van der Waals surface area contributed by atoms with Crippen molar-refractivity contribution in [3.05, 3.63) is 48.8 Å². The Kier molecular flexibility index (Phi) is 4.38. The second-order valence-corrected chi connectivity index (χ2v) is 8.65. The van der Waals surface area contributed by atoms with Crippen LogP contribution in [0.2, 0.25) is 0 Å². The zero-order valence-corrected chi connectivity index (χ0v) is 16.5. The summed E-state index contributed by atoms with van der Waals surface area (Å²) in [5, 5.41) is 9.56. The third-order valence-electron chi connectivity index (χ3n) is 4.22. The van der Waals surface area contributed by atoms with Gasteiger partial charge in [0, 0.05) is 28.7 Å². The van der Waals surface area contributed by atoms with Gasteiger partial charge in [-0.1, -0.05) is 18.2 Å². The Morgan fingerprint density at radius 3 is 2.54 bits per heavy atom. The fourth-order valence-corrected chi connectivity index (χ4v) is 3.64. The highest BCUT2D eigenvalue weighted by Gasteiger charge is 2.12. The molecule has 0 saturated carbocycles. The lowest BCUT2D eigenvalue weighted by atomic mass is 10.2. The molecule has 0 aliphatic heterocycles. The van der Waals surface area contributed by atoms with E-state index in [2.05, 4.69) is 34.0 Å². The molecule has 0 radical (unpaired) electrons. The number of rotatable bonds is 5. The Bertz CT molecular complexity index is 1280. The minimum atomic E-state index is -3.35. The molecule has 2 heterocycles.